The highest BCUT2D eigenvalue weighted by atomic mass is 16.5. The molecule has 0 fully saturated rings. The van der Waals surface area contributed by atoms with Crippen LogP contribution in [0.4, 0.5) is 0 Å². The number of aliphatic hydroxyl groups is 2. The fraction of sp³-hybridized carbons (Fsp3) is 0.500. The molecule has 19 heavy (non-hydrogen) atoms. The fourth-order valence-electron chi connectivity index (χ4n) is 2.22. The van der Waals surface area contributed by atoms with Crippen LogP contribution in [0, 0.1) is 0 Å². The summed E-state index contributed by atoms with van der Waals surface area (Å²) in [5.41, 5.74) is 2.88. The largest absolute Gasteiger partial charge is 0.464 e. The summed E-state index contributed by atoms with van der Waals surface area (Å²) in [5.74, 6) is -0.797. The van der Waals surface area contributed by atoms with Gasteiger partial charge in [0, 0.05) is 6.54 Å². The van der Waals surface area contributed by atoms with Gasteiger partial charge in [0.15, 0.2) is 6.10 Å². The van der Waals surface area contributed by atoms with Gasteiger partial charge in [-0.1, -0.05) is 18.2 Å². The third-order valence-electron chi connectivity index (χ3n) is 3.29. The highest BCUT2D eigenvalue weighted by Gasteiger charge is 2.27. The van der Waals surface area contributed by atoms with E-state index in [1.807, 2.05) is 12.1 Å². The third-order valence-corrected chi connectivity index (χ3v) is 3.29. The molecule has 104 valence electrons. The Kier molecular flexibility index (Phi) is 4.52. The minimum Gasteiger partial charge on any atom is -0.464 e. The molecule has 1 aliphatic heterocycles. The highest BCUT2D eigenvalue weighted by molar-refractivity contribution is 5.75. The number of rotatable bonds is 4. The van der Waals surface area contributed by atoms with Gasteiger partial charge in [-0.2, -0.15) is 0 Å². The molecule has 1 aromatic rings. The van der Waals surface area contributed by atoms with E-state index in [4.69, 9.17) is 4.74 Å². The van der Waals surface area contributed by atoms with E-state index in [-0.39, 0.29) is 6.61 Å². The van der Waals surface area contributed by atoms with E-state index in [2.05, 4.69) is 5.32 Å². The molecule has 0 spiro atoms. The lowest BCUT2D eigenvalue weighted by Crippen LogP contribution is -2.30. The predicted molar refractivity (Wildman–Crippen MR) is 69.5 cm³/mol. The van der Waals surface area contributed by atoms with Crippen molar-refractivity contribution < 1.29 is 19.7 Å². The van der Waals surface area contributed by atoms with E-state index in [1.54, 1.807) is 13.0 Å². The lowest BCUT2D eigenvalue weighted by atomic mass is 9.95. The van der Waals surface area contributed by atoms with Crippen molar-refractivity contribution in [2.75, 3.05) is 13.2 Å². The maximum atomic E-state index is 11.4. The van der Waals surface area contributed by atoms with Crippen LogP contribution in [-0.4, -0.2) is 35.4 Å². The Balaban J connectivity index is 2.14. The first kappa shape index (κ1) is 14.0. The van der Waals surface area contributed by atoms with Gasteiger partial charge in [-0.05, 0) is 36.6 Å². The number of benzene rings is 1. The van der Waals surface area contributed by atoms with Gasteiger partial charge in [0.1, 0.15) is 6.10 Å². The Morgan fingerprint density at radius 1 is 1.42 bits per heavy atom. The lowest BCUT2D eigenvalue weighted by Gasteiger charge is -2.21. The quantitative estimate of drug-likeness (QED) is 0.682. The van der Waals surface area contributed by atoms with E-state index < -0.39 is 18.2 Å². The van der Waals surface area contributed by atoms with Crippen LogP contribution in [0.3, 0.4) is 0 Å². The zero-order valence-corrected chi connectivity index (χ0v) is 10.9. The van der Waals surface area contributed by atoms with Gasteiger partial charge >= 0.3 is 5.97 Å². The Hall–Kier alpha value is -1.43. The van der Waals surface area contributed by atoms with E-state index >= 15 is 0 Å². The van der Waals surface area contributed by atoms with Crippen molar-refractivity contribution in [1.29, 1.82) is 0 Å². The van der Waals surface area contributed by atoms with Crippen molar-refractivity contribution in [3.63, 3.8) is 0 Å². The van der Waals surface area contributed by atoms with Crippen molar-refractivity contribution in [2.45, 2.75) is 32.1 Å². The van der Waals surface area contributed by atoms with Gasteiger partial charge in [0.25, 0.3) is 0 Å². The molecule has 0 saturated carbocycles. The van der Waals surface area contributed by atoms with E-state index in [1.165, 1.54) is 5.56 Å². The second-order valence-corrected chi connectivity index (χ2v) is 4.60. The van der Waals surface area contributed by atoms with Crippen molar-refractivity contribution in [3.8, 4) is 0 Å². The molecule has 1 aliphatic rings. The molecule has 0 radical (unpaired) electrons. The number of esters is 1. The maximum absolute atomic E-state index is 11.4. The zero-order chi connectivity index (χ0) is 13.8. The Morgan fingerprint density at radius 3 is 2.95 bits per heavy atom. The smallest absolute Gasteiger partial charge is 0.338 e. The first-order valence-electron chi connectivity index (χ1n) is 6.48. The summed E-state index contributed by atoms with van der Waals surface area (Å²) in [6, 6.07) is 5.50. The second kappa shape index (κ2) is 6.14. The highest BCUT2D eigenvalue weighted by Crippen LogP contribution is 2.23. The standard InChI is InChI=1S/C14H19NO4/c1-2-19-14(18)13(17)12(16)10-3-4-11-8-15-6-5-9(11)7-10/h3-4,7,12-13,15-17H,2,5-6,8H2,1H3. The molecule has 0 aliphatic carbocycles. The number of hydrogen-bond donors (Lipinski definition) is 3. The van der Waals surface area contributed by atoms with Crippen LogP contribution in [0.1, 0.15) is 29.7 Å². The Morgan fingerprint density at radius 2 is 2.21 bits per heavy atom. The maximum Gasteiger partial charge on any atom is 0.338 e. The van der Waals surface area contributed by atoms with Crippen LogP contribution < -0.4 is 5.32 Å². The minimum atomic E-state index is -1.54. The number of nitrogens with one attached hydrogen (secondary N) is 1. The van der Waals surface area contributed by atoms with Gasteiger partial charge in [0.05, 0.1) is 6.61 Å². The molecule has 5 heteroatoms. The van der Waals surface area contributed by atoms with Gasteiger partial charge in [0.2, 0.25) is 0 Å². The van der Waals surface area contributed by atoms with Crippen molar-refractivity contribution >= 4 is 5.97 Å². The van der Waals surface area contributed by atoms with Crippen LogP contribution in [0.15, 0.2) is 18.2 Å². The monoisotopic (exact) mass is 265 g/mol. The van der Waals surface area contributed by atoms with Crippen molar-refractivity contribution in [2.24, 2.45) is 0 Å². The fourth-order valence-corrected chi connectivity index (χ4v) is 2.22. The molecule has 0 bridgehead atoms. The normalized spacial score (nSPS) is 17.4. The number of ether oxygens (including phenoxy) is 1. The van der Waals surface area contributed by atoms with Crippen LogP contribution in [0.25, 0.3) is 0 Å². The van der Waals surface area contributed by atoms with Crippen molar-refractivity contribution in [3.05, 3.63) is 34.9 Å². The lowest BCUT2D eigenvalue weighted by molar-refractivity contribution is -0.159. The second-order valence-electron chi connectivity index (χ2n) is 4.60. The Labute approximate surface area is 112 Å². The molecular weight excluding hydrogens is 246 g/mol. The third kappa shape index (κ3) is 3.12. The number of carbonyl (C=O) groups excluding carboxylic acids is 1. The van der Waals surface area contributed by atoms with Gasteiger partial charge in [-0.3, -0.25) is 0 Å². The topological polar surface area (TPSA) is 78.8 Å². The average Bonchev–Trinajstić information content (AvgIpc) is 2.45. The van der Waals surface area contributed by atoms with Crippen molar-refractivity contribution in [1.82, 2.24) is 5.32 Å². The molecule has 2 unspecified atom stereocenters. The molecule has 1 heterocycles. The summed E-state index contributed by atoms with van der Waals surface area (Å²) in [6.07, 6.45) is -1.91. The van der Waals surface area contributed by atoms with E-state index in [9.17, 15) is 15.0 Å². The number of hydrogen-bond acceptors (Lipinski definition) is 5. The summed E-state index contributed by atoms with van der Waals surface area (Å²) in [6.45, 7) is 3.54. The van der Waals surface area contributed by atoms with E-state index in [0.29, 0.717) is 5.56 Å². The summed E-state index contributed by atoms with van der Waals surface area (Å²) in [7, 11) is 0. The molecule has 0 amide bonds. The van der Waals surface area contributed by atoms with Gasteiger partial charge in [-0.25, -0.2) is 4.79 Å². The van der Waals surface area contributed by atoms with Gasteiger partial charge < -0.3 is 20.3 Å². The van der Waals surface area contributed by atoms with Crippen LogP contribution in [0.5, 0.6) is 0 Å². The SMILES string of the molecule is CCOC(=O)C(O)C(O)c1ccc2c(c1)CCNC2. The summed E-state index contributed by atoms with van der Waals surface area (Å²) in [4.78, 5) is 11.4. The molecule has 0 aromatic heterocycles. The molecule has 2 atom stereocenters. The van der Waals surface area contributed by atoms with Crippen LogP contribution in [0.2, 0.25) is 0 Å². The molecule has 1 aromatic carbocycles. The predicted octanol–water partition coefficient (Wildman–Crippen LogP) is 0.290. The minimum absolute atomic E-state index is 0.179. The molecule has 0 saturated heterocycles. The number of fused-ring (bicyclic) bond motifs is 1. The zero-order valence-electron chi connectivity index (χ0n) is 10.9. The summed E-state index contributed by atoms with van der Waals surface area (Å²) in [5, 5.41) is 23.0. The summed E-state index contributed by atoms with van der Waals surface area (Å²) < 4.78 is 4.70. The van der Waals surface area contributed by atoms with Crippen LogP contribution >= 0.6 is 0 Å². The van der Waals surface area contributed by atoms with Crippen LogP contribution in [-0.2, 0) is 22.5 Å². The molecule has 2 rings (SSSR count). The van der Waals surface area contributed by atoms with E-state index in [0.717, 1.165) is 25.1 Å². The first-order chi connectivity index (χ1) is 9.13. The molecular formula is C14H19NO4. The Bertz CT molecular complexity index is 461. The number of carbonyl (C=O) groups is 1. The number of aliphatic hydroxyl groups excluding tert-OH is 2. The van der Waals surface area contributed by atoms with Gasteiger partial charge in [-0.15, -0.1) is 0 Å². The summed E-state index contributed by atoms with van der Waals surface area (Å²) >= 11 is 0. The molecule has 3 N–H and O–H groups in total. The average molecular weight is 265 g/mol. The first-order valence-corrected chi connectivity index (χ1v) is 6.48. The molecule has 5 nitrogen and oxygen atoms in total.